The summed E-state index contributed by atoms with van der Waals surface area (Å²) in [6.45, 7) is 5.90. The fourth-order valence-corrected chi connectivity index (χ4v) is 4.28. The van der Waals surface area contributed by atoms with Gasteiger partial charge in [-0.1, -0.05) is 18.2 Å². The number of piperidine rings is 1. The second-order valence-electron chi connectivity index (χ2n) is 8.12. The predicted octanol–water partition coefficient (Wildman–Crippen LogP) is 4.08. The molecule has 1 aliphatic heterocycles. The Kier molecular flexibility index (Phi) is 8.69. The number of nitrogens with zero attached hydrogens (tertiary/aromatic N) is 1. The zero-order valence-electron chi connectivity index (χ0n) is 18.1. The van der Waals surface area contributed by atoms with Crippen LogP contribution in [0.15, 0.2) is 42.0 Å². The molecule has 0 saturated carbocycles. The van der Waals surface area contributed by atoms with Crippen molar-refractivity contribution in [1.29, 1.82) is 0 Å². The van der Waals surface area contributed by atoms with Crippen molar-refractivity contribution in [3.63, 3.8) is 0 Å². The molecule has 1 aromatic carbocycles. The maximum Gasteiger partial charge on any atom is 0.207 e. The summed E-state index contributed by atoms with van der Waals surface area (Å²) in [7, 11) is 0. The van der Waals surface area contributed by atoms with Crippen molar-refractivity contribution in [1.82, 2.24) is 10.2 Å². The molecule has 5 heteroatoms. The fraction of sp³-hybridized carbons (Fsp3) is 0.520. The van der Waals surface area contributed by atoms with Crippen LogP contribution in [0.25, 0.3) is 0 Å². The van der Waals surface area contributed by atoms with Gasteiger partial charge in [-0.25, -0.2) is 0 Å². The summed E-state index contributed by atoms with van der Waals surface area (Å²) in [5.41, 5.74) is 3.49. The number of aryl methyl sites for hydroxylation is 1. The number of allylic oxidation sites excluding steroid dienone is 2. The zero-order chi connectivity index (χ0) is 21.2. The van der Waals surface area contributed by atoms with Crippen LogP contribution in [0.3, 0.4) is 0 Å². The van der Waals surface area contributed by atoms with Crippen LogP contribution in [-0.4, -0.2) is 49.4 Å². The number of carbonyl (C=O) groups is 2. The number of rotatable bonds is 6. The first-order valence-electron chi connectivity index (χ1n) is 11.3. The Hall–Kier alpha value is -2.40. The standard InChI is InChI=1S/C13H20N2O.C12H14O2/c16-11-14-13-6-8-15(9-7-13)10-12-4-2-1-3-5-12;1-2-14-10-6-7-11-9(8-10)4-3-5-12(11)13/h2,4-5,11,13H,1,3,6-10H2,(H,14,16);6-8H,2-5H2,1H3. The second kappa shape index (κ2) is 11.7. The molecule has 162 valence electrons. The number of ketones is 1. The van der Waals surface area contributed by atoms with Gasteiger partial charge in [0.15, 0.2) is 5.78 Å². The fourth-order valence-electron chi connectivity index (χ4n) is 4.28. The van der Waals surface area contributed by atoms with E-state index in [0.29, 0.717) is 19.1 Å². The maximum atomic E-state index is 11.5. The molecule has 3 aliphatic rings. The molecule has 30 heavy (non-hydrogen) atoms. The molecule has 1 aromatic rings. The van der Waals surface area contributed by atoms with E-state index < -0.39 is 0 Å². The van der Waals surface area contributed by atoms with E-state index in [4.69, 9.17) is 4.74 Å². The topological polar surface area (TPSA) is 58.6 Å². The van der Waals surface area contributed by atoms with Crippen LogP contribution < -0.4 is 10.1 Å². The van der Waals surface area contributed by atoms with E-state index in [9.17, 15) is 9.59 Å². The summed E-state index contributed by atoms with van der Waals surface area (Å²) in [6, 6.07) is 6.16. The van der Waals surface area contributed by atoms with E-state index in [1.165, 1.54) is 18.4 Å². The molecule has 0 spiro atoms. The average molecular weight is 411 g/mol. The predicted molar refractivity (Wildman–Crippen MR) is 120 cm³/mol. The maximum absolute atomic E-state index is 11.5. The minimum Gasteiger partial charge on any atom is -0.494 e. The zero-order valence-corrected chi connectivity index (χ0v) is 18.1. The molecule has 1 saturated heterocycles. The van der Waals surface area contributed by atoms with E-state index in [1.54, 1.807) is 0 Å². The van der Waals surface area contributed by atoms with E-state index in [0.717, 1.165) is 68.6 Å². The van der Waals surface area contributed by atoms with Gasteiger partial charge in [-0.2, -0.15) is 0 Å². The molecule has 1 N–H and O–H groups in total. The molecule has 5 nitrogen and oxygen atoms in total. The number of fused-ring (bicyclic) bond motifs is 1. The van der Waals surface area contributed by atoms with Gasteiger partial charge in [0.2, 0.25) is 6.41 Å². The summed E-state index contributed by atoms with van der Waals surface area (Å²) in [6.07, 6.45) is 14.9. The highest BCUT2D eigenvalue weighted by Crippen LogP contribution is 2.25. The van der Waals surface area contributed by atoms with Gasteiger partial charge in [0.05, 0.1) is 6.61 Å². The summed E-state index contributed by atoms with van der Waals surface area (Å²) in [5.74, 6) is 1.15. The number of benzene rings is 1. The molecular weight excluding hydrogens is 376 g/mol. The van der Waals surface area contributed by atoms with Gasteiger partial charge < -0.3 is 10.1 Å². The van der Waals surface area contributed by atoms with Gasteiger partial charge >= 0.3 is 0 Å². The van der Waals surface area contributed by atoms with Crippen LogP contribution in [-0.2, 0) is 11.2 Å². The van der Waals surface area contributed by atoms with E-state index in [-0.39, 0.29) is 5.78 Å². The monoisotopic (exact) mass is 410 g/mol. The Labute approximate surface area is 180 Å². The first-order valence-corrected chi connectivity index (χ1v) is 11.3. The van der Waals surface area contributed by atoms with Gasteiger partial charge in [0.1, 0.15) is 5.75 Å². The highest BCUT2D eigenvalue weighted by Gasteiger charge is 2.19. The summed E-state index contributed by atoms with van der Waals surface area (Å²) < 4.78 is 5.40. The number of ether oxygens (including phenoxy) is 1. The van der Waals surface area contributed by atoms with Crippen molar-refractivity contribution < 1.29 is 14.3 Å². The lowest BCUT2D eigenvalue weighted by atomic mass is 9.91. The minimum atomic E-state index is 0.272. The smallest absolute Gasteiger partial charge is 0.207 e. The molecule has 0 atom stereocenters. The summed E-state index contributed by atoms with van der Waals surface area (Å²) in [4.78, 5) is 24.3. The number of nitrogens with one attached hydrogen (secondary N) is 1. The Balaban J connectivity index is 0.000000172. The second-order valence-corrected chi connectivity index (χ2v) is 8.12. The molecule has 0 radical (unpaired) electrons. The molecule has 0 aromatic heterocycles. The quantitative estimate of drug-likeness (QED) is 0.718. The van der Waals surface area contributed by atoms with Gasteiger partial charge in [0.25, 0.3) is 0 Å². The Bertz CT molecular complexity index is 777. The number of hydrogen-bond acceptors (Lipinski definition) is 4. The van der Waals surface area contributed by atoms with Crippen molar-refractivity contribution in [3.05, 3.63) is 53.1 Å². The van der Waals surface area contributed by atoms with Crippen LogP contribution in [0.4, 0.5) is 0 Å². The van der Waals surface area contributed by atoms with Crippen molar-refractivity contribution >= 4 is 12.2 Å². The molecule has 1 fully saturated rings. The van der Waals surface area contributed by atoms with Gasteiger partial charge in [-0.3, -0.25) is 14.5 Å². The van der Waals surface area contributed by atoms with E-state index in [1.807, 2.05) is 25.1 Å². The molecule has 1 heterocycles. The van der Waals surface area contributed by atoms with Crippen LogP contribution in [0, 0.1) is 0 Å². The van der Waals surface area contributed by atoms with Crippen LogP contribution >= 0.6 is 0 Å². The van der Waals surface area contributed by atoms with E-state index in [2.05, 4.69) is 28.4 Å². The molecule has 1 amide bonds. The Morgan fingerprint density at radius 2 is 2.03 bits per heavy atom. The Morgan fingerprint density at radius 3 is 2.73 bits per heavy atom. The van der Waals surface area contributed by atoms with Crippen molar-refractivity contribution in [3.8, 4) is 5.75 Å². The lowest BCUT2D eigenvalue weighted by Crippen LogP contribution is -2.42. The minimum absolute atomic E-state index is 0.272. The van der Waals surface area contributed by atoms with Crippen molar-refractivity contribution in [2.75, 3.05) is 26.2 Å². The molecule has 0 unspecified atom stereocenters. The van der Waals surface area contributed by atoms with Crippen LogP contribution in [0.5, 0.6) is 5.75 Å². The van der Waals surface area contributed by atoms with Gasteiger partial charge in [-0.15, -0.1) is 0 Å². The summed E-state index contributed by atoms with van der Waals surface area (Å²) >= 11 is 0. The normalized spacial score (nSPS) is 19.2. The third kappa shape index (κ3) is 6.56. The molecular formula is C25H34N2O3. The largest absolute Gasteiger partial charge is 0.494 e. The first-order chi connectivity index (χ1) is 14.7. The van der Waals surface area contributed by atoms with Crippen LogP contribution in [0.2, 0.25) is 0 Å². The lowest BCUT2D eigenvalue weighted by molar-refractivity contribution is -0.110. The van der Waals surface area contributed by atoms with Gasteiger partial charge in [0, 0.05) is 37.7 Å². The molecule has 0 bridgehead atoms. The molecule has 2 aliphatic carbocycles. The number of amides is 1. The number of carbonyl (C=O) groups excluding carboxylic acids is 2. The number of likely N-dealkylation sites (tertiary alicyclic amines) is 1. The SMILES string of the molecule is CCOc1ccc2c(c1)CCCC2=O.O=CNC1CCN(CC2=CCCC=C2)CC1. The molecule has 4 rings (SSSR count). The van der Waals surface area contributed by atoms with E-state index >= 15 is 0 Å². The lowest BCUT2D eigenvalue weighted by Gasteiger charge is -2.32. The third-order valence-corrected chi connectivity index (χ3v) is 5.91. The highest BCUT2D eigenvalue weighted by atomic mass is 16.5. The number of Topliss-reactive ketones (excluding diaryl/α,β-unsaturated/α-hetero) is 1. The first kappa shape index (κ1) is 22.3. The van der Waals surface area contributed by atoms with Crippen molar-refractivity contribution in [2.24, 2.45) is 0 Å². The average Bonchev–Trinajstić information content (AvgIpc) is 2.77. The highest BCUT2D eigenvalue weighted by molar-refractivity contribution is 5.98. The Morgan fingerprint density at radius 1 is 1.20 bits per heavy atom. The third-order valence-electron chi connectivity index (χ3n) is 5.91. The summed E-state index contributed by atoms with van der Waals surface area (Å²) in [5, 5.41) is 2.87. The van der Waals surface area contributed by atoms with Crippen molar-refractivity contribution in [2.45, 2.75) is 57.9 Å². The number of hydrogen-bond donors (Lipinski definition) is 1. The van der Waals surface area contributed by atoms with Gasteiger partial charge in [-0.05, 0) is 74.8 Å². The van der Waals surface area contributed by atoms with Crippen LogP contribution in [0.1, 0.15) is 61.4 Å².